The van der Waals surface area contributed by atoms with Gasteiger partial charge in [-0.3, -0.25) is 14.9 Å². The number of nitrogens with zero attached hydrogens (tertiary/aromatic N) is 1. The number of ether oxygens (including phenoxy) is 1. The largest absolute Gasteiger partial charge is 0.454 e. The summed E-state index contributed by atoms with van der Waals surface area (Å²) in [4.78, 5) is 34.6. The van der Waals surface area contributed by atoms with Crippen LogP contribution in [-0.2, 0) is 10.2 Å². The van der Waals surface area contributed by atoms with Crippen molar-refractivity contribution in [1.29, 1.82) is 0 Å². The van der Waals surface area contributed by atoms with E-state index < -0.39 is 29.0 Å². The van der Waals surface area contributed by atoms with Crippen molar-refractivity contribution >= 4 is 29.0 Å². The van der Waals surface area contributed by atoms with Gasteiger partial charge in [-0.1, -0.05) is 56.6 Å². The summed E-state index contributed by atoms with van der Waals surface area (Å²) < 4.78 is 4.94. The van der Waals surface area contributed by atoms with Gasteiger partial charge >= 0.3 is 5.97 Å². The Morgan fingerprint density at radius 3 is 2.27 bits per heavy atom. The molecule has 0 aromatic heterocycles. The van der Waals surface area contributed by atoms with Crippen LogP contribution in [0.5, 0.6) is 0 Å². The molecular formula is C19H18ClNO5. The van der Waals surface area contributed by atoms with Crippen LogP contribution in [0.2, 0.25) is 5.02 Å². The van der Waals surface area contributed by atoms with Crippen molar-refractivity contribution in [3.63, 3.8) is 0 Å². The van der Waals surface area contributed by atoms with Gasteiger partial charge in [0, 0.05) is 16.7 Å². The van der Waals surface area contributed by atoms with Crippen molar-refractivity contribution in [3.8, 4) is 0 Å². The van der Waals surface area contributed by atoms with Gasteiger partial charge in [-0.25, -0.2) is 4.79 Å². The number of Topliss-reactive ketones (excluding diaryl/α,β-unsaturated/α-hetero) is 1. The number of nitro benzene ring substituents is 1. The first-order valence-corrected chi connectivity index (χ1v) is 8.22. The summed E-state index contributed by atoms with van der Waals surface area (Å²) in [6.07, 6.45) is 0. The van der Waals surface area contributed by atoms with Gasteiger partial charge in [0.25, 0.3) is 5.69 Å². The van der Waals surface area contributed by atoms with Crippen LogP contribution in [0.25, 0.3) is 0 Å². The highest BCUT2D eigenvalue weighted by Gasteiger charge is 2.23. The number of hydrogen-bond donors (Lipinski definition) is 0. The van der Waals surface area contributed by atoms with Crippen molar-refractivity contribution in [2.45, 2.75) is 26.2 Å². The fraction of sp³-hybridized carbons (Fsp3) is 0.263. The fourth-order valence-corrected chi connectivity index (χ4v) is 2.45. The van der Waals surface area contributed by atoms with Gasteiger partial charge in [0.2, 0.25) is 0 Å². The molecule has 0 saturated heterocycles. The van der Waals surface area contributed by atoms with Crippen molar-refractivity contribution in [3.05, 3.63) is 74.3 Å². The minimum atomic E-state index is -0.973. The molecule has 2 rings (SSSR count). The monoisotopic (exact) mass is 375 g/mol. The van der Waals surface area contributed by atoms with Crippen LogP contribution >= 0.6 is 11.6 Å². The number of ketones is 1. The number of hydrogen-bond acceptors (Lipinski definition) is 5. The first kappa shape index (κ1) is 19.6. The second-order valence-electron chi connectivity index (χ2n) is 6.75. The summed E-state index contributed by atoms with van der Waals surface area (Å²) in [7, 11) is 0. The van der Waals surface area contributed by atoms with Crippen LogP contribution < -0.4 is 0 Å². The van der Waals surface area contributed by atoms with E-state index in [0.717, 1.165) is 17.7 Å². The van der Waals surface area contributed by atoms with E-state index in [1.54, 1.807) is 12.1 Å². The Hall–Kier alpha value is -2.73. The second kappa shape index (κ2) is 7.66. The highest BCUT2D eigenvalue weighted by Crippen LogP contribution is 2.24. The van der Waals surface area contributed by atoms with E-state index in [2.05, 4.69) is 20.8 Å². The Labute approximate surface area is 155 Å². The smallest absolute Gasteiger partial charge is 0.345 e. The third kappa shape index (κ3) is 4.67. The molecule has 0 aliphatic carbocycles. The van der Waals surface area contributed by atoms with Crippen LogP contribution in [0.15, 0.2) is 42.5 Å². The van der Waals surface area contributed by atoms with Crippen LogP contribution in [0.4, 0.5) is 5.69 Å². The third-order valence-corrected chi connectivity index (χ3v) is 4.02. The molecule has 26 heavy (non-hydrogen) atoms. The standard InChI is InChI=1S/C19H18ClNO5/c1-19(2,3)13-6-4-12(5-7-13)17(22)11-26-18(23)15-10-14(20)8-9-16(15)21(24)25/h4-10H,11H2,1-3H3. The minimum Gasteiger partial charge on any atom is -0.454 e. The number of halogens is 1. The molecule has 0 amide bonds. The molecule has 0 aliphatic heterocycles. The fourth-order valence-electron chi connectivity index (χ4n) is 2.28. The average molecular weight is 376 g/mol. The van der Waals surface area contributed by atoms with Crippen LogP contribution in [0.3, 0.4) is 0 Å². The number of nitro groups is 1. The van der Waals surface area contributed by atoms with Gasteiger partial charge < -0.3 is 4.74 Å². The zero-order valence-corrected chi connectivity index (χ0v) is 15.4. The average Bonchev–Trinajstić information content (AvgIpc) is 2.58. The Morgan fingerprint density at radius 1 is 1.12 bits per heavy atom. The normalized spacial score (nSPS) is 11.1. The molecule has 2 aromatic carbocycles. The molecule has 0 fully saturated rings. The Kier molecular flexibility index (Phi) is 5.77. The van der Waals surface area contributed by atoms with Crippen molar-refractivity contribution in [2.75, 3.05) is 6.61 Å². The lowest BCUT2D eigenvalue weighted by molar-refractivity contribution is -0.385. The SMILES string of the molecule is CC(C)(C)c1ccc(C(=O)COC(=O)c2cc(Cl)ccc2[N+](=O)[O-])cc1. The first-order chi connectivity index (χ1) is 12.1. The van der Waals surface area contributed by atoms with Gasteiger partial charge in [0.15, 0.2) is 12.4 Å². The van der Waals surface area contributed by atoms with Gasteiger partial charge in [0.1, 0.15) is 5.56 Å². The number of esters is 1. The highest BCUT2D eigenvalue weighted by molar-refractivity contribution is 6.31. The molecule has 0 atom stereocenters. The van der Waals surface area contributed by atoms with Crippen LogP contribution in [-0.4, -0.2) is 23.3 Å². The number of rotatable bonds is 5. The van der Waals surface area contributed by atoms with E-state index in [0.29, 0.717) is 5.56 Å². The molecule has 0 N–H and O–H groups in total. The zero-order chi connectivity index (χ0) is 19.5. The zero-order valence-electron chi connectivity index (χ0n) is 14.6. The summed E-state index contributed by atoms with van der Waals surface area (Å²) >= 11 is 5.78. The van der Waals surface area contributed by atoms with Crippen molar-refractivity contribution in [2.24, 2.45) is 0 Å². The maximum Gasteiger partial charge on any atom is 0.345 e. The highest BCUT2D eigenvalue weighted by atomic mass is 35.5. The molecule has 2 aromatic rings. The maximum atomic E-state index is 12.2. The summed E-state index contributed by atoms with van der Waals surface area (Å²) in [6, 6.07) is 10.6. The van der Waals surface area contributed by atoms with Crippen LogP contribution in [0.1, 0.15) is 47.1 Å². The van der Waals surface area contributed by atoms with Crippen LogP contribution in [0, 0.1) is 10.1 Å². The molecule has 7 heteroatoms. The number of carbonyl (C=O) groups is 2. The Morgan fingerprint density at radius 2 is 1.73 bits per heavy atom. The van der Waals surface area contributed by atoms with E-state index in [1.807, 2.05) is 12.1 Å². The summed E-state index contributed by atoms with van der Waals surface area (Å²) in [5.74, 6) is -1.37. The number of benzene rings is 2. The van der Waals surface area contributed by atoms with Gasteiger partial charge in [-0.2, -0.15) is 0 Å². The van der Waals surface area contributed by atoms with Crippen molar-refractivity contribution in [1.82, 2.24) is 0 Å². The Balaban J connectivity index is 2.09. The summed E-state index contributed by atoms with van der Waals surface area (Å²) in [6.45, 7) is 5.66. The predicted octanol–water partition coefficient (Wildman–Crippen LogP) is 4.59. The molecule has 0 spiro atoms. The van der Waals surface area contributed by atoms with Gasteiger partial charge in [0.05, 0.1) is 4.92 Å². The van der Waals surface area contributed by atoms with Gasteiger partial charge in [-0.15, -0.1) is 0 Å². The molecular weight excluding hydrogens is 358 g/mol. The molecule has 0 saturated carbocycles. The van der Waals surface area contributed by atoms with E-state index in [-0.39, 0.29) is 16.0 Å². The summed E-state index contributed by atoms with van der Waals surface area (Å²) in [5.41, 5.74) is 0.700. The lowest BCUT2D eigenvalue weighted by Gasteiger charge is -2.18. The first-order valence-electron chi connectivity index (χ1n) is 7.84. The van der Waals surface area contributed by atoms with E-state index in [9.17, 15) is 19.7 Å². The Bertz CT molecular complexity index is 853. The molecule has 0 heterocycles. The number of carbonyl (C=O) groups excluding carboxylic acids is 2. The van der Waals surface area contributed by atoms with Gasteiger partial charge in [-0.05, 0) is 23.1 Å². The predicted molar refractivity (Wildman–Crippen MR) is 97.9 cm³/mol. The van der Waals surface area contributed by atoms with E-state index in [4.69, 9.17) is 16.3 Å². The summed E-state index contributed by atoms with van der Waals surface area (Å²) in [5, 5.41) is 11.2. The lowest BCUT2D eigenvalue weighted by atomic mass is 9.86. The topological polar surface area (TPSA) is 86.5 Å². The molecule has 0 aliphatic rings. The molecule has 0 unspecified atom stereocenters. The quantitative estimate of drug-likeness (QED) is 0.330. The molecule has 6 nitrogen and oxygen atoms in total. The second-order valence-corrected chi connectivity index (χ2v) is 7.18. The maximum absolute atomic E-state index is 12.2. The van der Waals surface area contributed by atoms with E-state index in [1.165, 1.54) is 6.07 Å². The minimum absolute atomic E-state index is 0.0421. The third-order valence-electron chi connectivity index (χ3n) is 3.78. The molecule has 136 valence electrons. The van der Waals surface area contributed by atoms with E-state index >= 15 is 0 Å². The van der Waals surface area contributed by atoms with Crippen molar-refractivity contribution < 1.29 is 19.2 Å². The molecule has 0 radical (unpaired) electrons. The lowest BCUT2D eigenvalue weighted by Crippen LogP contribution is -2.16. The molecule has 0 bridgehead atoms.